The summed E-state index contributed by atoms with van der Waals surface area (Å²) in [5.74, 6) is 0.346. The summed E-state index contributed by atoms with van der Waals surface area (Å²) >= 11 is 0. The number of amides is 3. The van der Waals surface area contributed by atoms with Gasteiger partial charge in [-0.05, 0) is 43.9 Å². The Morgan fingerprint density at radius 2 is 1.86 bits per heavy atom. The van der Waals surface area contributed by atoms with E-state index in [0.29, 0.717) is 30.3 Å². The van der Waals surface area contributed by atoms with Gasteiger partial charge >= 0.3 is 0 Å². The normalized spacial score (nSPS) is 14.4. The van der Waals surface area contributed by atoms with Crippen molar-refractivity contribution in [1.82, 2.24) is 15.4 Å². The van der Waals surface area contributed by atoms with Gasteiger partial charge in [0.2, 0.25) is 11.8 Å². The number of anilines is 1. The van der Waals surface area contributed by atoms with Crippen LogP contribution in [-0.2, 0) is 20.8 Å². The second-order valence-electron chi connectivity index (χ2n) is 9.10. The maximum Gasteiger partial charge on any atom is 0.250 e. The quantitative estimate of drug-likeness (QED) is 0.415. The Labute approximate surface area is 210 Å². The third kappa shape index (κ3) is 6.84. The standard InChI is InChI=1S/C27H32N4O5/c1-19-18-23(30-36-19)29-24(32)13-14-25(33)31(16-15-20-8-3-2-4-9-20)26(22-12-7-17-35-22)27(34)28-21-10-5-6-11-21/h2-4,7-9,12,17-18,21,26H,5-6,10-11,13-16H2,1H3,(H,28,34)(H,29,30,32)/t26-/m1/s1. The number of rotatable bonds is 11. The molecule has 1 aliphatic carbocycles. The van der Waals surface area contributed by atoms with Crippen molar-refractivity contribution in [2.24, 2.45) is 0 Å². The number of furan rings is 1. The average molecular weight is 493 g/mol. The summed E-state index contributed by atoms with van der Waals surface area (Å²) in [4.78, 5) is 40.9. The number of nitrogens with zero attached hydrogens (tertiary/aromatic N) is 2. The van der Waals surface area contributed by atoms with Crippen LogP contribution in [0.4, 0.5) is 5.82 Å². The fourth-order valence-corrected chi connectivity index (χ4v) is 4.51. The molecule has 9 nitrogen and oxygen atoms in total. The summed E-state index contributed by atoms with van der Waals surface area (Å²) in [5.41, 5.74) is 1.05. The van der Waals surface area contributed by atoms with E-state index in [4.69, 9.17) is 8.94 Å². The minimum absolute atomic E-state index is 0.0539. The molecule has 3 aromatic rings. The minimum Gasteiger partial charge on any atom is -0.467 e. The first-order valence-electron chi connectivity index (χ1n) is 12.4. The molecule has 0 aliphatic heterocycles. The topological polar surface area (TPSA) is 118 Å². The van der Waals surface area contributed by atoms with Gasteiger partial charge in [0.15, 0.2) is 11.9 Å². The summed E-state index contributed by atoms with van der Waals surface area (Å²) in [5, 5.41) is 9.49. The predicted molar refractivity (Wildman–Crippen MR) is 133 cm³/mol. The van der Waals surface area contributed by atoms with E-state index in [0.717, 1.165) is 31.2 Å². The highest BCUT2D eigenvalue weighted by Gasteiger charge is 2.34. The molecule has 9 heteroatoms. The molecule has 1 atom stereocenters. The minimum atomic E-state index is -0.918. The van der Waals surface area contributed by atoms with E-state index in [1.165, 1.54) is 11.2 Å². The second kappa shape index (κ2) is 12.2. The summed E-state index contributed by atoms with van der Waals surface area (Å²) in [6.07, 6.45) is 5.95. The molecule has 1 saturated carbocycles. The van der Waals surface area contributed by atoms with Crippen LogP contribution in [-0.4, -0.2) is 40.4 Å². The van der Waals surface area contributed by atoms with Crippen LogP contribution in [0.2, 0.25) is 0 Å². The van der Waals surface area contributed by atoms with E-state index >= 15 is 0 Å². The van der Waals surface area contributed by atoms with Crippen molar-refractivity contribution in [2.45, 2.75) is 64.0 Å². The maximum absolute atomic E-state index is 13.5. The van der Waals surface area contributed by atoms with Gasteiger partial charge in [-0.1, -0.05) is 48.3 Å². The number of hydrogen-bond donors (Lipinski definition) is 2. The number of aromatic nitrogens is 1. The third-order valence-electron chi connectivity index (χ3n) is 6.34. The Morgan fingerprint density at radius 1 is 1.08 bits per heavy atom. The average Bonchev–Trinajstić information content (AvgIpc) is 3.65. The molecule has 2 heterocycles. The molecule has 1 aliphatic rings. The highest BCUT2D eigenvalue weighted by atomic mass is 16.5. The van der Waals surface area contributed by atoms with Crippen molar-refractivity contribution >= 4 is 23.5 Å². The van der Waals surface area contributed by atoms with E-state index in [1.54, 1.807) is 25.1 Å². The van der Waals surface area contributed by atoms with Crippen LogP contribution in [0.25, 0.3) is 0 Å². The molecule has 36 heavy (non-hydrogen) atoms. The largest absolute Gasteiger partial charge is 0.467 e. The lowest BCUT2D eigenvalue weighted by Crippen LogP contribution is -2.46. The Kier molecular flexibility index (Phi) is 8.54. The van der Waals surface area contributed by atoms with Crippen LogP contribution < -0.4 is 10.6 Å². The van der Waals surface area contributed by atoms with Gasteiger partial charge in [0.1, 0.15) is 11.5 Å². The smallest absolute Gasteiger partial charge is 0.250 e. The molecule has 0 saturated heterocycles. The molecule has 190 valence electrons. The van der Waals surface area contributed by atoms with Crippen molar-refractivity contribution in [3.05, 3.63) is 71.9 Å². The molecule has 0 unspecified atom stereocenters. The SMILES string of the molecule is Cc1cc(NC(=O)CCC(=O)N(CCc2ccccc2)[C@@H](C(=O)NC2CCCC2)c2ccco2)no1. The van der Waals surface area contributed by atoms with Crippen molar-refractivity contribution in [3.8, 4) is 0 Å². The van der Waals surface area contributed by atoms with Gasteiger partial charge in [-0.2, -0.15) is 0 Å². The summed E-state index contributed by atoms with van der Waals surface area (Å²) in [6.45, 7) is 2.03. The lowest BCUT2D eigenvalue weighted by molar-refractivity contribution is -0.142. The monoisotopic (exact) mass is 492 g/mol. The number of carbonyl (C=O) groups is 3. The molecular formula is C27H32N4O5. The molecule has 1 fully saturated rings. The summed E-state index contributed by atoms with van der Waals surface area (Å²) in [7, 11) is 0. The first-order valence-corrected chi connectivity index (χ1v) is 12.4. The van der Waals surface area contributed by atoms with E-state index in [-0.39, 0.29) is 36.6 Å². The Balaban J connectivity index is 1.50. The van der Waals surface area contributed by atoms with Gasteiger partial charge in [0.25, 0.3) is 5.91 Å². The maximum atomic E-state index is 13.5. The Morgan fingerprint density at radius 3 is 2.53 bits per heavy atom. The molecule has 2 aromatic heterocycles. The van der Waals surface area contributed by atoms with Crippen molar-refractivity contribution in [1.29, 1.82) is 0 Å². The molecule has 0 bridgehead atoms. The molecular weight excluding hydrogens is 460 g/mol. The molecule has 0 spiro atoms. The summed E-state index contributed by atoms with van der Waals surface area (Å²) < 4.78 is 10.6. The lowest BCUT2D eigenvalue weighted by atomic mass is 10.1. The second-order valence-corrected chi connectivity index (χ2v) is 9.10. The molecule has 0 radical (unpaired) electrons. The fourth-order valence-electron chi connectivity index (χ4n) is 4.51. The predicted octanol–water partition coefficient (Wildman–Crippen LogP) is 4.17. The van der Waals surface area contributed by atoms with Crippen LogP contribution in [0.15, 0.2) is 63.7 Å². The number of carbonyl (C=O) groups excluding carboxylic acids is 3. The van der Waals surface area contributed by atoms with Gasteiger partial charge in [0, 0.05) is 31.5 Å². The molecule has 2 N–H and O–H groups in total. The lowest BCUT2D eigenvalue weighted by Gasteiger charge is -2.31. The molecule has 1 aromatic carbocycles. The number of benzene rings is 1. The van der Waals surface area contributed by atoms with Crippen LogP contribution in [0, 0.1) is 6.92 Å². The van der Waals surface area contributed by atoms with Crippen molar-refractivity contribution in [2.75, 3.05) is 11.9 Å². The van der Waals surface area contributed by atoms with Gasteiger partial charge in [-0.15, -0.1) is 0 Å². The number of nitrogens with one attached hydrogen (secondary N) is 2. The zero-order chi connectivity index (χ0) is 25.3. The van der Waals surface area contributed by atoms with Gasteiger partial charge < -0.3 is 24.5 Å². The number of hydrogen-bond acceptors (Lipinski definition) is 6. The van der Waals surface area contributed by atoms with Gasteiger partial charge in [-0.3, -0.25) is 14.4 Å². The van der Waals surface area contributed by atoms with Crippen LogP contribution in [0.3, 0.4) is 0 Å². The zero-order valence-corrected chi connectivity index (χ0v) is 20.4. The van der Waals surface area contributed by atoms with Crippen LogP contribution in [0.1, 0.15) is 61.7 Å². The highest BCUT2D eigenvalue weighted by Crippen LogP contribution is 2.26. The van der Waals surface area contributed by atoms with Crippen LogP contribution in [0.5, 0.6) is 0 Å². The molecule has 4 rings (SSSR count). The third-order valence-corrected chi connectivity index (χ3v) is 6.34. The first kappa shape index (κ1) is 25.2. The Hall–Kier alpha value is -3.88. The van der Waals surface area contributed by atoms with Crippen molar-refractivity contribution in [3.63, 3.8) is 0 Å². The molecule has 3 amide bonds. The van der Waals surface area contributed by atoms with Gasteiger partial charge in [-0.25, -0.2) is 0 Å². The highest BCUT2D eigenvalue weighted by molar-refractivity contribution is 5.94. The fraction of sp³-hybridized carbons (Fsp3) is 0.407. The Bertz CT molecular complexity index is 1140. The first-order chi connectivity index (χ1) is 17.5. The zero-order valence-electron chi connectivity index (χ0n) is 20.4. The van der Waals surface area contributed by atoms with Crippen molar-refractivity contribution < 1.29 is 23.3 Å². The number of aryl methyl sites for hydroxylation is 1. The van der Waals surface area contributed by atoms with E-state index < -0.39 is 6.04 Å². The summed E-state index contributed by atoms with van der Waals surface area (Å²) in [6, 6.07) is 14.0. The van der Waals surface area contributed by atoms with Gasteiger partial charge in [0.05, 0.1) is 6.26 Å². The van der Waals surface area contributed by atoms with E-state index in [1.807, 2.05) is 30.3 Å². The van der Waals surface area contributed by atoms with E-state index in [2.05, 4.69) is 15.8 Å². The van der Waals surface area contributed by atoms with Crippen LogP contribution >= 0.6 is 0 Å². The van der Waals surface area contributed by atoms with E-state index in [9.17, 15) is 14.4 Å².